The number of methoxy groups -OCH3 is 1. The van der Waals surface area contributed by atoms with E-state index in [1.54, 1.807) is 19.1 Å². The fourth-order valence-corrected chi connectivity index (χ4v) is 3.19. The van der Waals surface area contributed by atoms with E-state index in [1.807, 2.05) is 50.4 Å². The van der Waals surface area contributed by atoms with Crippen LogP contribution in [-0.2, 0) is 6.42 Å². The average Bonchev–Trinajstić information content (AvgIpc) is 2.69. The predicted molar refractivity (Wildman–Crippen MR) is 125 cm³/mol. The van der Waals surface area contributed by atoms with Crippen LogP contribution in [0, 0.1) is 0 Å². The SMILES string of the molecule is CC.COc1cc(CC/C(=N/SC(C)(C)C)c2ccc(Cl)cc2)nc(SC)n1. The van der Waals surface area contributed by atoms with Crippen molar-refractivity contribution in [3.63, 3.8) is 0 Å². The van der Waals surface area contributed by atoms with Gasteiger partial charge in [0.15, 0.2) is 5.16 Å². The lowest BCUT2D eigenvalue weighted by Crippen LogP contribution is -2.09. The zero-order valence-corrected chi connectivity index (χ0v) is 20.1. The molecule has 1 heterocycles. The van der Waals surface area contributed by atoms with Crippen LogP contribution in [0.2, 0.25) is 5.02 Å². The lowest BCUT2D eigenvalue weighted by molar-refractivity contribution is 0.391. The van der Waals surface area contributed by atoms with E-state index in [0.717, 1.165) is 34.8 Å². The van der Waals surface area contributed by atoms with E-state index in [2.05, 4.69) is 30.7 Å². The van der Waals surface area contributed by atoms with Crippen LogP contribution in [0.15, 0.2) is 39.9 Å². The first-order valence-electron chi connectivity index (χ1n) is 9.27. The number of aromatic nitrogens is 2. The second-order valence-electron chi connectivity index (χ2n) is 6.64. The van der Waals surface area contributed by atoms with Crippen molar-refractivity contribution in [3.8, 4) is 5.88 Å². The normalized spacial score (nSPS) is 11.6. The van der Waals surface area contributed by atoms with Gasteiger partial charge in [-0.1, -0.05) is 49.3 Å². The summed E-state index contributed by atoms with van der Waals surface area (Å²) in [5.41, 5.74) is 3.06. The van der Waals surface area contributed by atoms with Crippen LogP contribution in [0.5, 0.6) is 5.88 Å². The van der Waals surface area contributed by atoms with Crippen LogP contribution in [-0.4, -0.2) is 33.8 Å². The number of thioether (sulfide) groups is 1. The maximum Gasteiger partial charge on any atom is 0.217 e. The maximum atomic E-state index is 6.03. The highest BCUT2D eigenvalue weighted by Crippen LogP contribution is 2.26. The molecule has 0 aliphatic heterocycles. The highest BCUT2D eigenvalue weighted by molar-refractivity contribution is 7.99. The minimum absolute atomic E-state index is 0.0574. The molecule has 1 aromatic heterocycles. The number of hydrogen-bond acceptors (Lipinski definition) is 6. The number of benzene rings is 1. The minimum Gasteiger partial charge on any atom is -0.481 e. The summed E-state index contributed by atoms with van der Waals surface area (Å²) in [6.45, 7) is 10.5. The molecular weight excluding hydrogens is 410 g/mol. The first-order valence-corrected chi connectivity index (χ1v) is 11.7. The lowest BCUT2D eigenvalue weighted by atomic mass is 10.0. The van der Waals surface area contributed by atoms with Crippen LogP contribution >= 0.6 is 35.3 Å². The minimum atomic E-state index is 0.0574. The van der Waals surface area contributed by atoms with Crippen molar-refractivity contribution >= 4 is 41.0 Å². The molecule has 0 bridgehead atoms. The summed E-state index contributed by atoms with van der Waals surface area (Å²) in [5.74, 6) is 0.591. The molecule has 2 aromatic rings. The van der Waals surface area contributed by atoms with Crippen molar-refractivity contribution in [2.24, 2.45) is 4.40 Å². The standard InChI is InChI=1S/C19H24ClN3OS2.C2H6/c1-19(2,3)26-23-16(13-6-8-14(20)9-7-13)11-10-15-12-17(24-4)22-18(21-15)25-5;1-2/h6-9,12H,10-11H2,1-5H3;1-2H3/b23-16-;. The van der Waals surface area contributed by atoms with Gasteiger partial charge >= 0.3 is 0 Å². The molecule has 7 heteroatoms. The van der Waals surface area contributed by atoms with Gasteiger partial charge < -0.3 is 4.74 Å². The topological polar surface area (TPSA) is 47.4 Å². The Kier molecular flexibility index (Phi) is 10.9. The third-order valence-corrected chi connectivity index (χ3v) is 5.01. The van der Waals surface area contributed by atoms with E-state index < -0.39 is 0 Å². The average molecular weight is 440 g/mol. The molecule has 0 saturated carbocycles. The van der Waals surface area contributed by atoms with Gasteiger partial charge in [0.25, 0.3) is 0 Å². The third kappa shape index (κ3) is 8.84. The molecule has 28 heavy (non-hydrogen) atoms. The second-order valence-corrected chi connectivity index (χ2v) is 9.44. The number of halogens is 1. The molecule has 0 atom stereocenters. The molecule has 0 aliphatic rings. The van der Waals surface area contributed by atoms with Crippen molar-refractivity contribution in [1.82, 2.24) is 9.97 Å². The lowest BCUT2D eigenvalue weighted by Gasteiger charge is -2.15. The first kappa shape index (κ1) is 24.8. The van der Waals surface area contributed by atoms with Gasteiger partial charge in [-0.05, 0) is 69.5 Å². The monoisotopic (exact) mass is 439 g/mol. The zero-order chi connectivity index (χ0) is 21.2. The number of rotatable bonds is 7. The Bertz CT molecular complexity index is 737. The number of aryl methyl sites for hydroxylation is 1. The van der Waals surface area contributed by atoms with Crippen LogP contribution in [0.3, 0.4) is 0 Å². The summed E-state index contributed by atoms with van der Waals surface area (Å²) >= 11 is 9.12. The molecule has 0 amide bonds. The van der Waals surface area contributed by atoms with Gasteiger partial charge in [0, 0.05) is 21.5 Å². The zero-order valence-electron chi connectivity index (χ0n) is 17.7. The molecule has 4 nitrogen and oxygen atoms in total. The molecule has 0 aliphatic carbocycles. The first-order chi connectivity index (χ1) is 13.3. The Labute approximate surface area is 183 Å². The molecule has 0 N–H and O–H groups in total. The quantitative estimate of drug-likeness (QED) is 0.206. The van der Waals surface area contributed by atoms with Gasteiger partial charge in [-0.25, -0.2) is 9.38 Å². The van der Waals surface area contributed by atoms with E-state index in [0.29, 0.717) is 11.0 Å². The molecular formula is C21H30ClN3OS2. The third-order valence-electron chi connectivity index (χ3n) is 3.35. The van der Waals surface area contributed by atoms with E-state index in [-0.39, 0.29) is 4.75 Å². The van der Waals surface area contributed by atoms with Gasteiger partial charge in [-0.15, -0.1) is 0 Å². The summed E-state index contributed by atoms with van der Waals surface area (Å²) in [5, 5.41) is 1.44. The summed E-state index contributed by atoms with van der Waals surface area (Å²) in [4.78, 5) is 8.89. The van der Waals surface area contributed by atoms with Crippen LogP contribution in [0.1, 0.15) is 52.3 Å². The maximum absolute atomic E-state index is 6.03. The molecule has 0 unspecified atom stereocenters. The fourth-order valence-electron chi connectivity index (χ4n) is 2.10. The van der Waals surface area contributed by atoms with Crippen LogP contribution < -0.4 is 4.74 Å². The molecule has 0 spiro atoms. The highest BCUT2D eigenvalue weighted by atomic mass is 35.5. The molecule has 1 aromatic carbocycles. The Balaban J connectivity index is 0.00000190. The summed E-state index contributed by atoms with van der Waals surface area (Å²) in [6, 6.07) is 9.70. The molecule has 0 saturated heterocycles. The number of hydrogen-bond donors (Lipinski definition) is 0. The van der Waals surface area contributed by atoms with Gasteiger partial charge in [0.05, 0.1) is 12.8 Å². The Morgan fingerprint density at radius 3 is 2.32 bits per heavy atom. The summed E-state index contributed by atoms with van der Waals surface area (Å²) < 4.78 is 10.1. The molecule has 154 valence electrons. The van der Waals surface area contributed by atoms with Crippen molar-refractivity contribution in [1.29, 1.82) is 0 Å². The van der Waals surface area contributed by atoms with Crippen molar-refractivity contribution in [2.75, 3.05) is 13.4 Å². The van der Waals surface area contributed by atoms with Crippen molar-refractivity contribution in [2.45, 2.75) is 57.4 Å². The fraction of sp³-hybridized carbons (Fsp3) is 0.476. The number of nitrogens with zero attached hydrogens (tertiary/aromatic N) is 3. The van der Waals surface area contributed by atoms with Crippen molar-refractivity contribution < 1.29 is 4.74 Å². The van der Waals surface area contributed by atoms with E-state index in [4.69, 9.17) is 20.7 Å². The molecule has 2 rings (SSSR count). The number of ether oxygens (including phenoxy) is 1. The molecule has 0 radical (unpaired) electrons. The highest BCUT2D eigenvalue weighted by Gasteiger charge is 2.13. The van der Waals surface area contributed by atoms with Gasteiger partial charge in [0.1, 0.15) is 0 Å². The Hall–Kier alpha value is -1.24. The van der Waals surface area contributed by atoms with Crippen LogP contribution in [0.4, 0.5) is 0 Å². The smallest absolute Gasteiger partial charge is 0.217 e. The van der Waals surface area contributed by atoms with Gasteiger partial charge in [0.2, 0.25) is 5.88 Å². The van der Waals surface area contributed by atoms with Crippen LogP contribution in [0.25, 0.3) is 0 Å². The van der Waals surface area contributed by atoms with E-state index in [1.165, 1.54) is 11.8 Å². The largest absolute Gasteiger partial charge is 0.481 e. The van der Waals surface area contributed by atoms with Crippen molar-refractivity contribution in [3.05, 3.63) is 46.6 Å². The predicted octanol–water partition coefficient (Wildman–Crippen LogP) is 6.76. The second kappa shape index (κ2) is 12.3. The Morgan fingerprint density at radius 1 is 1.14 bits per heavy atom. The van der Waals surface area contributed by atoms with E-state index >= 15 is 0 Å². The summed E-state index contributed by atoms with van der Waals surface area (Å²) in [6.07, 6.45) is 3.50. The molecule has 0 fully saturated rings. The van der Waals surface area contributed by atoms with Gasteiger partial charge in [-0.3, -0.25) is 0 Å². The van der Waals surface area contributed by atoms with E-state index in [9.17, 15) is 0 Å². The summed E-state index contributed by atoms with van der Waals surface area (Å²) in [7, 11) is 1.62. The Morgan fingerprint density at radius 2 is 1.79 bits per heavy atom. The van der Waals surface area contributed by atoms with Gasteiger partial charge in [-0.2, -0.15) is 4.98 Å².